The molecule has 0 fully saturated rings. The molecular weight excluding hydrogens is 178 g/mol. The van der Waals surface area contributed by atoms with E-state index in [1.54, 1.807) is 18.2 Å². The van der Waals surface area contributed by atoms with Gasteiger partial charge in [0.15, 0.2) is 4.33 Å². The first kappa shape index (κ1) is 7.46. The van der Waals surface area contributed by atoms with Gasteiger partial charge in [-0.2, -0.15) is 0 Å². The Kier molecular flexibility index (Phi) is 2.10. The minimum absolute atomic E-state index is 0.314. The molecule has 1 aliphatic rings. The smallest absolute Gasteiger partial charge is 0.115 e. The number of rotatable bonds is 0. The maximum Gasteiger partial charge on any atom is 0.156 e. The summed E-state index contributed by atoms with van der Waals surface area (Å²) in [4.78, 5) is 0. The minimum atomic E-state index is -0.920. The van der Waals surface area contributed by atoms with Gasteiger partial charge in [0.05, 0.1) is 5.38 Å². The van der Waals surface area contributed by atoms with Gasteiger partial charge in [0, 0.05) is 0 Å². The van der Waals surface area contributed by atoms with Crippen molar-refractivity contribution in [2.75, 3.05) is 0 Å². The highest BCUT2D eigenvalue weighted by atomic mass is 35.5. The summed E-state index contributed by atoms with van der Waals surface area (Å²) in [7, 11) is 0. The number of hydrogen-bond donors (Lipinski definition) is 0. The van der Waals surface area contributed by atoms with Crippen molar-refractivity contribution in [1.82, 2.24) is 0 Å². The summed E-state index contributed by atoms with van der Waals surface area (Å²) in [5, 5.41) is -0.314. The number of alkyl halides is 3. The van der Waals surface area contributed by atoms with Gasteiger partial charge in [-0.3, -0.25) is 0 Å². The van der Waals surface area contributed by atoms with Gasteiger partial charge >= 0.3 is 0 Å². The lowest BCUT2D eigenvalue weighted by Gasteiger charge is -2.20. The zero-order valence-electron chi connectivity index (χ0n) is 4.52. The summed E-state index contributed by atoms with van der Waals surface area (Å²) in [6, 6.07) is 0. The van der Waals surface area contributed by atoms with Gasteiger partial charge < -0.3 is 0 Å². The van der Waals surface area contributed by atoms with Crippen molar-refractivity contribution in [2.45, 2.75) is 9.71 Å². The first-order chi connectivity index (χ1) is 4.13. The molecule has 1 atom stereocenters. The molecule has 3 heteroatoms. The standard InChI is InChI=1S/C6H5Cl3/c7-5-3-1-2-4-6(5,8)9/h1-5H. The van der Waals surface area contributed by atoms with Crippen LogP contribution in [0.4, 0.5) is 0 Å². The molecule has 0 radical (unpaired) electrons. The summed E-state index contributed by atoms with van der Waals surface area (Å²) in [5.41, 5.74) is 0. The normalized spacial score (nSPS) is 30.8. The van der Waals surface area contributed by atoms with Crippen molar-refractivity contribution in [1.29, 1.82) is 0 Å². The fraction of sp³-hybridized carbons (Fsp3) is 0.333. The van der Waals surface area contributed by atoms with Crippen LogP contribution in [0.2, 0.25) is 0 Å². The van der Waals surface area contributed by atoms with Gasteiger partial charge in [-0.05, 0) is 6.08 Å². The molecule has 0 saturated heterocycles. The van der Waals surface area contributed by atoms with E-state index in [0.29, 0.717) is 0 Å². The predicted octanol–water partition coefficient (Wildman–Crippen LogP) is 2.89. The average molecular weight is 183 g/mol. The van der Waals surface area contributed by atoms with Crippen molar-refractivity contribution in [3.63, 3.8) is 0 Å². The quantitative estimate of drug-likeness (QED) is 0.507. The molecule has 1 rings (SSSR count). The van der Waals surface area contributed by atoms with Crippen molar-refractivity contribution in [3.8, 4) is 0 Å². The first-order valence-electron chi connectivity index (χ1n) is 2.51. The van der Waals surface area contributed by atoms with E-state index in [-0.39, 0.29) is 5.38 Å². The summed E-state index contributed by atoms with van der Waals surface area (Å²) >= 11 is 17.1. The number of halogens is 3. The number of allylic oxidation sites excluding steroid dienone is 4. The number of hydrogen-bond acceptors (Lipinski definition) is 0. The lowest BCUT2D eigenvalue weighted by molar-refractivity contribution is 0.970. The Balaban J connectivity index is 2.78. The molecular formula is C6H5Cl3. The molecule has 0 aromatic rings. The fourth-order valence-corrected chi connectivity index (χ4v) is 1.01. The van der Waals surface area contributed by atoms with E-state index in [0.717, 1.165) is 0 Å². The van der Waals surface area contributed by atoms with Crippen LogP contribution in [0.3, 0.4) is 0 Å². The van der Waals surface area contributed by atoms with Gasteiger partial charge in [-0.1, -0.05) is 41.4 Å². The van der Waals surface area contributed by atoms with E-state index in [1.165, 1.54) is 0 Å². The van der Waals surface area contributed by atoms with Crippen molar-refractivity contribution in [2.24, 2.45) is 0 Å². The maximum absolute atomic E-state index is 5.72. The van der Waals surface area contributed by atoms with Gasteiger partial charge in [0.1, 0.15) is 0 Å². The second-order valence-electron chi connectivity index (χ2n) is 1.82. The minimum Gasteiger partial charge on any atom is -0.115 e. The van der Waals surface area contributed by atoms with E-state index in [2.05, 4.69) is 0 Å². The Morgan fingerprint density at radius 2 is 1.89 bits per heavy atom. The van der Waals surface area contributed by atoms with E-state index >= 15 is 0 Å². The van der Waals surface area contributed by atoms with E-state index in [4.69, 9.17) is 34.8 Å². The molecule has 0 aliphatic heterocycles. The summed E-state index contributed by atoms with van der Waals surface area (Å²) in [6.45, 7) is 0. The molecule has 0 bridgehead atoms. The SMILES string of the molecule is ClC1C=CC=CC1(Cl)Cl. The van der Waals surface area contributed by atoms with Crippen molar-refractivity contribution < 1.29 is 0 Å². The predicted molar refractivity (Wildman–Crippen MR) is 42.4 cm³/mol. The molecule has 0 saturated carbocycles. The molecule has 50 valence electrons. The molecule has 0 spiro atoms. The van der Waals surface area contributed by atoms with Crippen LogP contribution in [0.1, 0.15) is 0 Å². The topological polar surface area (TPSA) is 0 Å². The Hall–Kier alpha value is 0.350. The molecule has 9 heavy (non-hydrogen) atoms. The van der Waals surface area contributed by atoms with Crippen LogP contribution in [-0.4, -0.2) is 9.71 Å². The van der Waals surface area contributed by atoms with E-state index in [1.807, 2.05) is 6.08 Å². The highest BCUT2D eigenvalue weighted by molar-refractivity contribution is 6.54. The maximum atomic E-state index is 5.72. The second kappa shape index (κ2) is 2.53. The van der Waals surface area contributed by atoms with Gasteiger partial charge in [0.25, 0.3) is 0 Å². The average Bonchev–Trinajstić information content (AvgIpc) is 1.77. The second-order valence-corrected chi connectivity index (χ2v) is 3.73. The van der Waals surface area contributed by atoms with Gasteiger partial charge in [-0.15, -0.1) is 11.6 Å². The van der Waals surface area contributed by atoms with Crippen molar-refractivity contribution in [3.05, 3.63) is 24.3 Å². The molecule has 0 heterocycles. The molecule has 0 aromatic carbocycles. The van der Waals surface area contributed by atoms with Crippen molar-refractivity contribution >= 4 is 34.8 Å². The van der Waals surface area contributed by atoms with Gasteiger partial charge in [0.2, 0.25) is 0 Å². The third-order valence-electron chi connectivity index (χ3n) is 1.08. The van der Waals surface area contributed by atoms with E-state index < -0.39 is 4.33 Å². The zero-order chi connectivity index (χ0) is 6.91. The Morgan fingerprint density at radius 3 is 2.22 bits per heavy atom. The third kappa shape index (κ3) is 1.64. The van der Waals surface area contributed by atoms with Crippen LogP contribution >= 0.6 is 34.8 Å². The van der Waals surface area contributed by atoms with Crippen LogP contribution in [0, 0.1) is 0 Å². The summed E-state index contributed by atoms with van der Waals surface area (Å²) < 4.78 is -0.920. The summed E-state index contributed by atoms with van der Waals surface area (Å²) in [6.07, 6.45) is 7.01. The van der Waals surface area contributed by atoms with Crippen LogP contribution in [0.25, 0.3) is 0 Å². The molecule has 1 aliphatic carbocycles. The Bertz CT molecular complexity index is 158. The lowest BCUT2D eigenvalue weighted by atomic mass is 10.2. The lowest BCUT2D eigenvalue weighted by Crippen LogP contribution is -2.23. The molecule has 1 unspecified atom stereocenters. The van der Waals surface area contributed by atoms with Crippen LogP contribution in [0.5, 0.6) is 0 Å². The third-order valence-corrected chi connectivity index (χ3v) is 2.51. The highest BCUT2D eigenvalue weighted by Gasteiger charge is 2.29. The van der Waals surface area contributed by atoms with E-state index in [9.17, 15) is 0 Å². The first-order valence-corrected chi connectivity index (χ1v) is 3.70. The van der Waals surface area contributed by atoms with Crippen LogP contribution in [-0.2, 0) is 0 Å². The molecule has 0 aromatic heterocycles. The zero-order valence-corrected chi connectivity index (χ0v) is 6.79. The Labute approximate surface area is 69.1 Å². The largest absolute Gasteiger partial charge is 0.156 e. The highest BCUT2D eigenvalue weighted by Crippen LogP contribution is 2.33. The fourth-order valence-electron chi connectivity index (χ4n) is 0.566. The van der Waals surface area contributed by atoms with Gasteiger partial charge in [-0.25, -0.2) is 0 Å². The molecule has 0 amide bonds. The monoisotopic (exact) mass is 182 g/mol. The molecule has 0 N–H and O–H groups in total. The Morgan fingerprint density at radius 1 is 1.22 bits per heavy atom. The van der Waals surface area contributed by atoms with Crippen LogP contribution in [0.15, 0.2) is 24.3 Å². The summed E-state index contributed by atoms with van der Waals surface area (Å²) in [5.74, 6) is 0. The molecule has 0 nitrogen and oxygen atoms in total. The van der Waals surface area contributed by atoms with Crippen LogP contribution < -0.4 is 0 Å².